The molecule has 13 heteroatoms. The molecule has 0 fully saturated rings. The summed E-state index contributed by atoms with van der Waals surface area (Å²) < 4.78 is 53.8. The molecular weight excluding hydrogens is 568 g/mol. The average Bonchev–Trinajstić information content (AvgIpc) is 3.49. The number of aromatic nitrogens is 1. The van der Waals surface area contributed by atoms with Crippen molar-refractivity contribution >= 4 is 11.8 Å². The van der Waals surface area contributed by atoms with Gasteiger partial charge in [0.25, 0.3) is 5.91 Å². The van der Waals surface area contributed by atoms with Crippen LogP contribution in [0.4, 0.5) is 8.78 Å². The molecule has 0 spiro atoms. The van der Waals surface area contributed by atoms with Gasteiger partial charge in [0, 0.05) is 41.9 Å². The van der Waals surface area contributed by atoms with Gasteiger partial charge in [-0.25, -0.2) is 0 Å². The van der Waals surface area contributed by atoms with Crippen LogP contribution in [0.5, 0.6) is 28.7 Å². The second-order valence-electron chi connectivity index (χ2n) is 10.9. The van der Waals surface area contributed by atoms with Gasteiger partial charge >= 0.3 is 6.29 Å². The number of hydrogen-bond donors (Lipinski definition) is 3. The maximum absolute atomic E-state index is 13.9. The topological polar surface area (TPSA) is 137 Å². The quantitative estimate of drug-likeness (QED) is 0.373. The summed E-state index contributed by atoms with van der Waals surface area (Å²) in [6, 6.07) is 10.3. The minimum atomic E-state index is -3.80. The highest BCUT2D eigenvalue weighted by Gasteiger charge is 2.49. The second kappa shape index (κ2) is 10.6. The van der Waals surface area contributed by atoms with Gasteiger partial charge in [-0.1, -0.05) is 0 Å². The molecular formula is C30H29F2N3O8. The predicted octanol–water partition coefficient (Wildman–Crippen LogP) is 3.55. The fourth-order valence-corrected chi connectivity index (χ4v) is 5.31. The van der Waals surface area contributed by atoms with Crippen molar-refractivity contribution in [2.24, 2.45) is 0 Å². The number of nitrogens with zero attached hydrogens (tertiary/aromatic N) is 1. The molecule has 0 radical (unpaired) electrons. The SMILES string of the molecule is COc1ccc2c(c1)O[C@@H](c1ccc(C(=O)NC(C)CO)cn1)C[C@H]2NC(=O)[C@@]1(C)COc2cc3c(cc21)OC(F)(F)O3. The molecule has 2 amide bonds. The molecule has 1 unspecified atom stereocenters. The van der Waals surface area contributed by atoms with E-state index in [0.29, 0.717) is 40.3 Å². The van der Waals surface area contributed by atoms with Gasteiger partial charge in [-0.3, -0.25) is 14.6 Å². The Bertz CT molecular complexity index is 1580. The molecule has 0 bridgehead atoms. The number of methoxy groups -OCH3 is 1. The summed E-state index contributed by atoms with van der Waals surface area (Å²) in [6.07, 6.45) is -2.66. The number of amides is 2. The lowest BCUT2D eigenvalue weighted by Gasteiger charge is -2.34. The van der Waals surface area contributed by atoms with E-state index in [1.165, 1.54) is 25.4 Å². The molecule has 0 aliphatic carbocycles. The van der Waals surface area contributed by atoms with Crippen molar-refractivity contribution < 1.29 is 47.2 Å². The van der Waals surface area contributed by atoms with Crippen molar-refractivity contribution in [3.63, 3.8) is 0 Å². The number of halogens is 2. The van der Waals surface area contributed by atoms with Gasteiger partial charge in [-0.15, -0.1) is 8.78 Å². The lowest BCUT2D eigenvalue weighted by molar-refractivity contribution is -0.286. The minimum absolute atomic E-state index is 0.0183. The fourth-order valence-electron chi connectivity index (χ4n) is 5.31. The van der Waals surface area contributed by atoms with Crippen molar-refractivity contribution in [1.29, 1.82) is 0 Å². The molecule has 3 N–H and O–H groups in total. The fraction of sp³-hybridized carbons (Fsp3) is 0.367. The van der Waals surface area contributed by atoms with Gasteiger partial charge in [0.15, 0.2) is 11.5 Å². The number of fused-ring (bicyclic) bond motifs is 3. The van der Waals surface area contributed by atoms with Gasteiger partial charge in [-0.05, 0) is 44.2 Å². The third-order valence-corrected chi connectivity index (χ3v) is 7.77. The highest BCUT2D eigenvalue weighted by Crippen LogP contribution is 2.50. The highest BCUT2D eigenvalue weighted by atomic mass is 19.3. The minimum Gasteiger partial charge on any atom is -0.497 e. The van der Waals surface area contributed by atoms with Crippen molar-refractivity contribution in [2.75, 3.05) is 20.3 Å². The number of rotatable bonds is 7. The van der Waals surface area contributed by atoms with Gasteiger partial charge in [0.05, 0.1) is 31.0 Å². The van der Waals surface area contributed by atoms with E-state index in [1.54, 1.807) is 44.2 Å². The smallest absolute Gasteiger partial charge is 0.497 e. The Morgan fingerprint density at radius 1 is 1.12 bits per heavy atom. The summed E-state index contributed by atoms with van der Waals surface area (Å²) in [4.78, 5) is 30.8. The predicted molar refractivity (Wildman–Crippen MR) is 146 cm³/mol. The average molecular weight is 598 g/mol. The summed E-state index contributed by atoms with van der Waals surface area (Å²) >= 11 is 0. The standard InChI is InChI=1S/C30H29F2N3O8/c1-15(13-36)34-27(37)16-4-7-20(33-12-16)24-10-21(18-6-5-17(39-3)8-22(18)41-24)35-28(38)29(2)14-40-23-11-26-25(9-19(23)29)42-30(31,32)43-26/h4-9,11-12,15,21,24,36H,10,13-14H2,1-3H3,(H,34,37)(H,35,38)/t15?,21-,24-,29+/m1/s1. The van der Waals surface area contributed by atoms with E-state index >= 15 is 0 Å². The van der Waals surface area contributed by atoms with E-state index in [-0.39, 0.29) is 42.3 Å². The molecule has 3 aromatic rings. The van der Waals surface area contributed by atoms with E-state index in [1.807, 2.05) is 0 Å². The number of alkyl halides is 2. The van der Waals surface area contributed by atoms with Crippen LogP contribution in [0.15, 0.2) is 48.7 Å². The van der Waals surface area contributed by atoms with Crippen LogP contribution in [0.3, 0.4) is 0 Å². The Balaban J connectivity index is 1.26. The Hall–Kier alpha value is -4.65. The number of pyridine rings is 1. The summed E-state index contributed by atoms with van der Waals surface area (Å²) in [5.74, 6) is 0.203. The van der Waals surface area contributed by atoms with E-state index in [4.69, 9.17) is 14.2 Å². The molecule has 226 valence electrons. The molecule has 4 atom stereocenters. The molecule has 6 rings (SSSR count). The van der Waals surface area contributed by atoms with Gasteiger partial charge in [0.2, 0.25) is 5.91 Å². The molecule has 3 aliphatic heterocycles. The largest absolute Gasteiger partial charge is 0.586 e. The number of ether oxygens (including phenoxy) is 5. The molecule has 0 saturated heterocycles. The van der Waals surface area contributed by atoms with Gasteiger partial charge in [-0.2, -0.15) is 0 Å². The number of carbonyl (C=O) groups excluding carboxylic acids is 2. The number of benzene rings is 2. The van der Waals surface area contributed by atoms with E-state index < -0.39 is 29.9 Å². The maximum atomic E-state index is 13.9. The molecule has 0 saturated carbocycles. The van der Waals surface area contributed by atoms with Crippen LogP contribution < -0.4 is 34.3 Å². The molecule has 43 heavy (non-hydrogen) atoms. The van der Waals surface area contributed by atoms with Crippen LogP contribution in [0.25, 0.3) is 0 Å². The maximum Gasteiger partial charge on any atom is 0.586 e. The Kier molecular flexibility index (Phi) is 6.99. The highest BCUT2D eigenvalue weighted by molar-refractivity contribution is 5.94. The van der Waals surface area contributed by atoms with E-state index in [2.05, 4.69) is 25.1 Å². The van der Waals surface area contributed by atoms with Crippen molar-refractivity contribution in [3.8, 4) is 28.7 Å². The lowest BCUT2D eigenvalue weighted by atomic mass is 9.82. The van der Waals surface area contributed by atoms with E-state index in [9.17, 15) is 23.5 Å². The monoisotopic (exact) mass is 597 g/mol. The number of hydrogen-bond acceptors (Lipinski definition) is 9. The summed E-state index contributed by atoms with van der Waals surface area (Å²) in [5, 5.41) is 15.0. The number of aliphatic hydroxyl groups excluding tert-OH is 1. The first kappa shape index (κ1) is 28.5. The van der Waals surface area contributed by atoms with Crippen LogP contribution in [0.2, 0.25) is 0 Å². The zero-order valence-corrected chi connectivity index (χ0v) is 23.5. The van der Waals surface area contributed by atoms with Crippen molar-refractivity contribution in [3.05, 3.63) is 71.0 Å². The van der Waals surface area contributed by atoms with Crippen LogP contribution >= 0.6 is 0 Å². The van der Waals surface area contributed by atoms with Crippen LogP contribution in [-0.2, 0) is 10.2 Å². The molecule has 1 aromatic heterocycles. The van der Waals surface area contributed by atoms with E-state index in [0.717, 1.165) is 0 Å². The lowest BCUT2D eigenvalue weighted by Crippen LogP contribution is -2.46. The number of nitrogens with one attached hydrogen (secondary N) is 2. The van der Waals surface area contributed by atoms with Crippen LogP contribution in [-0.4, -0.2) is 54.6 Å². The normalized spacial score (nSPS) is 23.2. The van der Waals surface area contributed by atoms with Crippen LogP contribution in [0.1, 0.15) is 59.6 Å². The Labute approximate surface area is 245 Å². The first-order valence-electron chi connectivity index (χ1n) is 13.6. The zero-order chi connectivity index (χ0) is 30.5. The van der Waals surface area contributed by atoms with Gasteiger partial charge < -0.3 is 39.4 Å². The summed E-state index contributed by atoms with van der Waals surface area (Å²) in [7, 11) is 1.53. The number of carbonyl (C=O) groups is 2. The van der Waals surface area contributed by atoms with Crippen molar-refractivity contribution in [2.45, 2.75) is 50.2 Å². The third kappa shape index (κ3) is 5.24. The molecule has 4 heterocycles. The Morgan fingerprint density at radius 2 is 1.88 bits per heavy atom. The van der Waals surface area contributed by atoms with Gasteiger partial charge in [0.1, 0.15) is 35.4 Å². The summed E-state index contributed by atoms with van der Waals surface area (Å²) in [5.41, 5.74) is 0.750. The first-order valence-corrected chi connectivity index (χ1v) is 13.6. The van der Waals surface area contributed by atoms with Crippen molar-refractivity contribution in [1.82, 2.24) is 15.6 Å². The zero-order valence-electron chi connectivity index (χ0n) is 23.5. The number of aliphatic hydroxyl groups is 1. The molecule has 11 nitrogen and oxygen atoms in total. The molecule has 2 aromatic carbocycles. The third-order valence-electron chi connectivity index (χ3n) is 7.77. The second-order valence-corrected chi connectivity index (χ2v) is 10.9. The summed E-state index contributed by atoms with van der Waals surface area (Å²) in [6.45, 7) is 3.14. The molecule has 3 aliphatic rings. The first-order chi connectivity index (χ1) is 20.5. The Morgan fingerprint density at radius 3 is 2.58 bits per heavy atom. The van der Waals surface area contributed by atoms with Crippen LogP contribution in [0, 0.1) is 0 Å².